The lowest BCUT2D eigenvalue weighted by molar-refractivity contribution is 0.294. The molecule has 2 aromatic heterocycles. The number of hydrogen-bond donors (Lipinski definition) is 1. The fraction of sp³-hybridized carbons (Fsp3) is 0.385. The number of nitrogens with one attached hydrogen (secondary N) is 1. The van der Waals surface area contributed by atoms with Crippen molar-refractivity contribution in [3.8, 4) is 5.88 Å². The van der Waals surface area contributed by atoms with Gasteiger partial charge in [-0.05, 0) is 11.4 Å². The molecule has 0 unspecified atom stereocenters. The Morgan fingerprint density at radius 3 is 3.00 bits per heavy atom. The van der Waals surface area contributed by atoms with Crippen molar-refractivity contribution in [2.24, 2.45) is 0 Å². The number of aromatic nitrogens is 2. The SMILES string of the molecule is CC(C)NCc1cncc(OCc2cccs2)n1. The van der Waals surface area contributed by atoms with Gasteiger partial charge in [0, 0.05) is 23.7 Å². The summed E-state index contributed by atoms with van der Waals surface area (Å²) >= 11 is 1.68. The smallest absolute Gasteiger partial charge is 0.232 e. The predicted octanol–water partition coefficient (Wildman–Crippen LogP) is 2.62. The Hall–Kier alpha value is -1.46. The van der Waals surface area contributed by atoms with Crippen LogP contribution in [0.1, 0.15) is 24.4 Å². The van der Waals surface area contributed by atoms with Crippen molar-refractivity contribution in [2.75, 3.05) is 0 Å². The van der Waals surface area contributed by atoms with Gasteiger partial charge in [-0.15, -0.1) is 11.3 Å². The van der Waals surface area contributed by atoms with Gasteiger partial charge in [-0.25, -0.2) is 4.98 Å². The molecule has 0 saturated heterocycles. The summed E-state index contributed by atoms with van der Waals surface area (Å²) in [5.41, 5.74) is 0.896. The van der Waals surface area contributed by atoms with Gasteiger partial charge in [0.1, 0.15) is 6.61 Å². The normalized spacial score (nSPS) is 10.8. The van der Waals surface area contributed by atoms with Gasteiger partial charge in [0.15, 0.2) is 0 Å². The summed E-state index contributed by atoms with van der Waals surface area (Å²) in [7, 11) is 0. The summed E-state index contributed by atoms with van der Waals surface area (Å²) < 4.78 is 5.61. The van der Waals surface area contributed by atoms with E-state index in [-0.39, 0.29) is 0 Å². The highest BCUT2D eigenvalue weighted by Crippen LogP contribution is 2.12. The average Bonchev–Trinajstić information content (AvgIpc) is 2.87. The molecule has 2 heterocycles. The number of hydrogen-bond acceptors (Lipinski definition) is 5. The Labute approximate surface area is 111 Å². The first-order chi connectivity index (χ1) is 8.74. The topological polar surface area (TPSA) is 47.0 Å². The molecular formula is C13H17N3OS. The molecule has 18 heavy (non-hydrogen) atoms. The third-order valence-corrected chi connectivity index (χ3v) is 3.15. The van der Waals surface area contributed by atoms with Gasteiger partial charge in [-0.3, -0.25) is 4.98 Å². The Morgan fingerprint density at radius 2 is 2.28 bits per heavy atom. The van der Waals surface area contributed by atoms with Crippen LogP contribution in [0.15, 0.2) is 29.9 Å². The third kappa shape index (κ3) is 4.09. The molecule has 0 aliphatic carbocycles. The molecule has 0 amide bonds. The van der Waals surface area contributed by atoms with E-state index in [4.69, 9.17) is 4.74 Å². The Bertz CT molecular complexity index is 471. The van der Waals surface area contributed by atoms with Crippen LogP contribution < -0.4 is 10.1 Å². The molecule has 4 nitrogen and oxygen atoms in total. The van der Waals surface area contributed by atoms with E-state index < -0.39 is 0 Å². The number of rotatable bonds is 6. The monoisotopic (exact) mass is 263 g/mol. The van der Waals surface area contributed by atoms with Crippen molar-refractivity contribution in [1.82, 2.24) is 15.3 Å². The van der Waals surface area contributed by atoms with Crippen molar-refractivity contribution in [1.29, 1.82) is 0 Å². The van der Waals surface area contributed by atoms with E-state index >= 15 is 0 Å². The molecule has 2 aromatic rings. The first-order valence-electron chi connectivity index (χ1n) is 5.93. The molecule has 0 aliphatic heterocycles. The quantitative estimate of drug-likeness (QED) is 0.870. The van der Waals surface area contributed by atoms with Gasteiger partial charge in [0.05, 0.1) is 11.9 Å². The zero-order chi connectivity index (χ0) is 12.8. The van der Waals surface area contributed by atoms with E-state index in [0.29, 0.717) is 25.1 Å². The molecule has 0 aromatic carbocycles. The molecule has 0 bridgehead atoms. The van der Waals surface area contributed by atoms with Gasteiger partial charge in [0.25, 0.3) is 0 Å². The summed E-state index contributed by atoms with van der Waals surface area (Å²) in [6.45, 7) is 5.46. The first-order valence-corrected chi connectivity index (χ1v) is 6.81. The lowest BCUT2D eigenvalue weighted by Gasteiger charge is -2.08. The minimum atomic E-state index is 0.433. The second kappa shape index (κ2) is 6.47. The standard InChI is InChI=1S/C13H17N3OS/c1-10(2)15-7-11-6-14-8-13(16-11)17-9-12-4-3-5-18-12/h3-6,8,10,15H,7,9H2,1-2H3. The average molecular weight is 263 g/mol. The molecule has 0 aliphatic rings. The highest BCUT2D eigenvalue weighted by Gasteiger charge is 2.02. The minimum absolute atomic E-state index is 0.433. The van der Waals surface area contributed by atoms with Crippen LogP contribution in [0.3, 0.4) is 0 Å². The van der Waals surface area contributed by atoms with E-state index in [1.54, 1.807) is 23.7 Å². The molecule has 5 heteroatoms. The van der Waals surface area contributed by atoms with Gasteiger partial charge < -0.3 is 10.1 Å². The summed E-state index contributed by atoms with van der Waals surface area (Å²) in [4.78, 5) is 9.72. The second-order valence-electron chi connectivity index (χ2n) is 4.25. The second-order valence-corrected chi connectivity index (χ2v) is 5.28. The van der Waals surface area contributed by atoms with Crippen LogP contribution in [0.5, 0.6) is 5.88 Å². The predicted molar refractivity (Wildman–Crippen MR) is 72.7 cm³/mol. The number of ether oxygens (including phenoxy) is 1. The third-order valence-electron chi connectivity index (χ3n) is 2.30. The highest BCUT2D eigenvalue weighted by atomic mass is 32.1. The zero-order valence-corrected chi connectivity index (χ0v) is 11.4. The lowest BCUT2D eigenvalue weighted by atomic mass is 10.3. The summed E-state index contributed by atoms with van der Waals surface area (Å²) in [6.07, 6.45) is 3.40. The van der Waals surface area contributed by atoms with Crippen LogP contribution in [-0.4, -0.2) is 16.0 Å². The van der Waals surface area contributed by atoms with E-state index in [9.17, 15) is 0 Å². The highest BCUT2D eigenvalue weighted by molar-refractivity contribution is 7.09. The maximum absolute atomic E-state index is 5.61. The van der Waals surface area contributed by atoms with Gasteiger partial charge in [0.2, 0.25) is 5.88 Å². The summed E-state index contributed by atoms with van der Waals surface area (Å²) in [5.74, 6) is 0.575. The van der Waals surface area contributed by atoms with Crippen LogP contribution in [0.25, 0.3) is 0 Å². The molecular weight excluding hydrogens is 246 g/mol. The van der Waals surface area contributed by atoms with E-state index in [1.165, 1.54) is 4.88 Å². The zero-order valence-electron chi connectivity index (χ0n) is 10.6. The van der Waals surface area contributed by atoms with Crippen LogP contribution in [-0.2, 0) is 13.2 Å². The molecule has 0 spiro atoms. The molecule has 0 fully saturated rings. The van der Waals surface area contributed by atoms with E-state index in [2.05, 4.69) is 29.1 Å². The number of nitrogens with zero attached hydrogens (tertiary/aromatic N) is 2. The van der Waals surface area contributed by atoms with Crippen molar-refractivity contribution in [3.05, 3.63) is 40.5 Å². The van der Waals surface area contributed by atoms with Crippen molar-refractivity contribution < 1.29 is 4.74 Å². The molecule has 96 valence electrons. The van der Waals surface area contributed by atoms with Crippen LogP contribution in [0, 0.1) is 0 Å². The van der Waals surface area contributed by atoms with Crippen molar-refractivity contribution >= 4 is 11.3 Å². The fourth-order valence-corrected chi connectivity index (χ4v) is 2.01. The maximum Gasteiger partial charge on any atom is 0.232 e. The van der Waals surface area contributed by atoms with Crippen LogP contribution >= 0.6 is 11.3 Å². The Balaban J connectivity index is 1.90. The summed E-state index contributed by atoms with van der Waals surface area (Å²) in [5, 5.41) is 5.34. The minimum Gasteiger partial charge on any atom is -0.471 e. The van der Waals surface area contributed by atoms with Crippen molar-refractivity contribution in [3.63, 3.8) is 0 Å². The largest absolute Gasteiger partial charge is 0.471 e. The van der Waals surface area contributed by atoms with Crippen LogP contribution in [0.4, 0.5) is 0 Å². The fourth-order valence-electron chi connectivity index (χ4n) is 1.39. The Kier molecular flexibility index (Phi) is 4.66. The first kappa shape index (κ1) is 13.0. The molecule has 0 saturated carbocycles. The molecule has 2 rings (SSSR count). The molecule has 0 atom stereocenters. The summed E-state index contributed by atoms with van der Waals surface area (Å²) in [6, 6.07) is 4.49. The van der Waals surface area contributed by atoms with E-state index in [1.807, 2.05) is 17.5 Å². The van der Waals surface area contributed by atoms with Crippen LogP contribution in [0.2, 0.25) is 0 Å². The van der Waals surface area contributed by atoms with Gasteiger partial charge in [-0.1, -0.05) is 19.9 Å². The van der Waals surface area contributed by atoms with E-state index in [0.717, 1.165) is 5.69 Å². The molecule has 1 N–H and O–H groups in total. The number of thiophene rings is 1. The van der Waals surface area contributed by atoms with Gasteiger partial charge >= 0.3 is 0 Å². The van der Waals surface area contributed by atoms with Crippen molar-refractivity contribution in [2.45, 2.75) is 33.0 Å². The Morgan fingerprint density at radius 1 is 1.39 bits per heavy atom. The van der Waals surface area contributed by atoms with Gasteiger partial charge in [-0.2, -0.15) is 0 Å². The molecule has 0 radical (unpaired) electrons. The lowest BCUT2D eigenvalue weighted by Crippen LogP contribution is -2.22. The maximum atomic E-state index is 5.61.